The van der Waals surface area contributed by atoms with E-state index >= 15 is 0 Å². The van der Waals surface area contributed by atoms with Crippen LogP contribution in [0.3, 0.4) is 0 Å². The van der Waals surface area contributed by atoms with Crippen molar-refractivity contribution >= 4 is 46.7 Å². The number of piperidine rings is 1. The third-order valence-electron chi connectivity index (χ3n) is 11.5. The fraction of sp³-hybridized carbons (Fsp3) is 0.286. The van der Waals surface area contributed by atoms with Gasteiger partial charge in [0.05, 0.1) is 17.5 Å². The summed E-state index contributed by atoms with van der Waals surface area (Å²) in [7, 11) is 1.73. The maximum atomic E-state index is 13.5. The topological polar surface area (TPSA) is 176 Å². The number of aryl methyl sites for hydroxylation is 2. The van der Waals surface area contributed by atoms with Gasteiger partial charge in [0.15, 0.2) is 0 Å². The first-order chi connectivity index (χ1) is 29.9. The second-order valence-corrected chi connectivity index (χ2v) is 15.8. The van der Waals surface area contributed by atoms with Crippen molar-refractivity contribution in [3.8, 4) is 16.9 Å². The zero-order valence-corrected chi connectivity index (χ0v) is 35.2. The molecule has 1 fully saturated rings. The standard InChI is InChI=1S/C49H54N6O7/c1-31-13-15-35(48(60)51-40-18-14-33(27-32(40)2)29-50-30-44(57)38-16-19-43(56)47-39(38)17-20-45(58)53-47)28-42(31)54(3)46(59)23-26-55-24-21-36(22-25-55)62-49(61)52-41-12-8-7-11-37(41)34-9-5-4-6-10-34/h4-20,27-28,36,44-45,50,53,56-58H,21-26,29-30H2,1-3H3,(H,51,60)(H,52,61)/t44-,45?/m0/s1. The van der Waals surface area contributed by atoms with E-state index in [0.717, 1.165) is 27.8 Å². The van der Waals surface area contributed by atoms with Crippen LogP contribution >= 0.6 is 0 Å². The van der Waals surface area contributed by atoms with Crippen molar-refractivity contribution in [3.05, 3.63) is 143 Å². The number of likely N-dealkylation sites (tertiary alicyclic amines) is 1. The Hall–Kier alpha value is -6.51. The molecule has 2 atom stereocenters. The van der Waals surface area contributed by atoms with E-state index in [9.17, 15) is 29.7 Å². The van der Waals surface area contributed by atoms with Gasteiger partial charge in [-0.05, 0) is 90.9 Å². The van der Waals surface area contributed by atoms with Gasteiger partial charge in [-0.2, -0.15) is 0 Å². The monoisotopic (exact) mass is 838 g/mol. The number of aliphatic hydroxyl groups is 2. The Morgan fingerprint density at radius 2 is 1.65 bits per heavy atom. The van der Waals surface area contributed by atoms with Crippen LogP contribution in [0.2, 0.25) is 0 Å². The SMILES string of the molecule is Cc1cc(CNC[C@H](O)c2ccc(O)c3c2C=CC(O)N3)ccc1NC(=O)c1ccc(C)c(N(C)C(=O)CCN2CCC(OC(=O)Nc3ccccc3-c3ccccc3)CC2)c1. The molecule has 1 saturated heterocycles. The van der Waals surface area contributed by atoms with Gasteiger partial charge in [0.25, 0.3) is 5.91 Å². The van der Waals surface area contributed by atoms with E-state index in [2.05, 4.69) is 26.2 Å². The molecule has 0 radical (unpaired) electrons. The van der Waals surface area contributed by atoms with Gasteiger partial charge in [-0.1, -0.05) is 78.9 Å². The normalized spacial score (nSPS) is 15.5. The Labute approximate surface area is 362 Å². The number of carbonyl (C=O) groups excluding carboxylic acids is 3. The number of rotatable bonds is 14. The third kappa shape index (κ3) is 10.7. The van der Waals surface area contributed by atoms with Gasteiger partial charge in [-0.3, -0.25) is 14.9 Å². The van der Waals surface area contributed by atoms with E-state index in [1.807, 2.05) is 92.7 Å². The predicted octanol–water partition coefficient (Wildman–Crippen LogP) is 7.57. The summed E-state index contributed by atoms with van der Waals surface area (Å²) in [4.78, 5) is 43.6. The Balaban J connectivity index is 0.856. The van der Waals surface area contributed by atoms with Gasteiger partial charge in [0.1, 0.15) is 18.1 Å². The van der Waals surface area contributed by atoms with E-state index < -0.39 is 18.4 Å². The molecule has 13 nitrogen and oxygen atoms in total. The summed E-state index contributed by atoms with van der Waals surface area (Å²) in [5.41, 5.74) is 8.69. The fourth-order valence-corrected chi connectivity index (χ4v) is 7.93. The fourth-order valence-electron chi connectivity index (χ4n) is 7.93. The molecule has 3 amide bonds. The summed E-state index contributed by atoms with van der Waals surface area (Å²) in [6, 6.07) is 31.7. The lowest BCUT2D eigenvalue weighted by Gasteiger charge is -2.32. The van der Waals surface area contributed by atoms with Crippen LogP contribution in [0.1, 0.15) is 63.5 Å². The molecule has 0 saturated carbocycles. The summed E-state index contributed by atoms with van der Waals surface area (Å²) in [6.45, 7) is 6.52. The second-order valence-electron chi connectivity index (χ2n) is 15.8. The Morgan fingerprint density at radius 3 is 2.42 bits per heavy atom. The Kier molecular flexibility index (Phi) is 14.0. The number of carbonyl (C=O) groups is 3. The van der Waals surface area contributed by atoms with Crippen molar-refractivity contribution in [2.75, 3.05) is 54.1 Å². The van der Waals surface area contributed by atoms with Gasteiger partial charge in [-0.25, -0.2) is 4.79 Å². The van der Waals surface area contributed by atoms with Crippen LogP contribution in [-0.4, -0.2) is 83.7 Å². The summed E-state index contributed by atoms with van der Waals surface area (Å²) >= 11 is 0. The van der Waals surface area contributed by atoms with Gasteiger partial charge in [0.2, 0.25) is 5.91 Å². The molecule has 2 aliphatic heterocycles. The molecular weight excluding hydrogens is 785 g/mol. The van der Waals surface area contributed by atoms with Gasteiger partial charge in [-0.15, -0.1) is 0 Å². The highest BCUT2D eigenvalue weighted by molar-refractivity contribution is 6.06. The highest BCUT2D eigenvalue weighted by Gasteiger charge is 2.25. The van der Waals surface area contributed by atoms with Crippen molar-refractivity contribution < 1.29 is 34.4 Å². The number of phenolic OH excluding ortho intramolecular Hbond substituents is 1. The van der Waals surface area contributed by atoms with Crippen LogP contribution in [0.15, 0.2) is 109 Å². The highest BCUT2D eigenvalue weighted by Crippen LogP contribution is 2.37. The number of anilines is 4. The maximum absolute atomic E-state index is 13.5. The summed E-state index contributed by atoms with van der Waals surface area (Å²) in [5.74, 6) is -0.365. The van der Waals surface area contributed by atoms with Crippen LogP contribution in [0.25, 0.3) is 17.2 Å². The van der Waals surface area contributed by atoms with Crippen LogP contribution < -0.4 is 26.2 Å². The number of benzene rings is 5. The number of aromatic hydroxyl groups is 1. The number of nitrogens with zero attached hydrogens (tertiary/aromatic N) is 2. The minimum Gasteiger partial charge on any atom is -0.506 e. The lowest BCUT2D eigenvalue weighted by Crippen LogP contribution is -2.40. The number of hydrogen-bond donors (Lipinski definition) is 7. The summed E-state index contributed by atoms with van der Waals surface area (Å²) < 4.78 is 5.79. The third-order valence-corrected chi connectivity index (χ3v) is 11.5. The second kappa shape index (κ2) is 19.9. The van der Waals surface area contributed by atoms with Crippen LogP contribution in [0.4, 0.5) is 27.5 Å². The minimum absolute atomic E-state index is 0.00511. The van der Waals surface area contributed by atoms with Crippen molar-refractivity contribution in [3.63, 3.8) is 0 Å². The largest absolute Gasteiger partial charge is 0.506 e. The molecule has 0 aliphatic carbocycles. The lowest BCUT2D eigenvalue weighted by atomic mass is 9.97. The van der Waals surface area contributed by atoms with Crippen LogP contribution in [0.5, 0.6) is 5.75 Å². The average molecular weight is 839 g/mol. The van der Waals surface area contributed by atoms with Gasteiger partial charge in [0, 0.05) is 74.3 Å². The molecule has 13 heteroatoms. The van der Waals surface area contributed by atoms with E-state index in [1.54, 1.807) is 42.3 Å². The molecule has 0 aromatic heterocycles. The first-order valence-corrected chi connectivity index (χ1v) is 20.9. The number of hydrogen-bond acceptors (Lipinski definition) is 10. The smallest absolute Gasteiger partial charge is 0.411 e. The summed E-state index contributed by atoms with van der Waals surface area (Å²) in [5, 5.41) is 43.0. The zero-order chi connectivity index (χ0) is 43.8. The van der Waals surface area contributed by atoms with E-state index in [-0.39, 0.29) is 30.2 Å². The Bertz CT molecular complexity index is 2430. The number of aliphatic hydroxyl groups excluding tert-OH is 2. The molecule has 1 unspecified atom stereocenters. The van der Waals surface area contributed by atoms with Gasteiger partial charge < -0.3 is 45.8 Å². The Morgan fingerprint density at radius 1 is 0.887 bits per heavy atom. The molecule has 2 heterocycles. The number of para-hydroxylation sites is 1. The predicted molar refractivity (Wildman–Crippen MR) is 243 cm³/mol. The molecule has 62 heavy (non-hydrogen) atoms. The molecule has 7 rings (SSSR count). The molecule has 322 valence electrons. The molecule has 5 aromatic rings. The van der Waals surface area contributed by atoms with E-state index in [4.69, 9.17) is 4.74 Å². The minimum atomic E-state index is -0.915. The first kappa shape index (κ1) is 43.6. The number of phenols is 1. The average Bonchev–Trinajstić information content (AvgIpc) is 3.27. The molecule has 7 N–H and O–H groups in total. The van der Waals surface area contributed by atoms with Crippen LogP contribution in [0, 0.1) is 13.8 Å². The number of ether oxygens (including phenoxy) is 1. The lowest BCUT2D eigenvalue weighted by molar-refractivity contribution is -0.118. The van der Waals surface area contributed by atoms with Crippen molar-refractivity contribution in [1.82, 2.24) is 10.2 Å². The van der Waals surface area contributed by atoms with Crippen molar-refractivity contribution in [1.29, 1.82) is 0 Å². The molecule has 0 spiro atoms. The molecule has 2 aliphatic rings. The highest BCUT2D eigenvalue weighted by atomic mass is 16.6. The van der Waals surface area contributed by atoms with E-state index in [1.165, 1.54) is 6.07 Å². The number of fused-ring (bicyclic) bond motifs is 1. The summed E-state index contributed by atoms with van der Waals surface area (Å²) in [6.07, 6.45) is 2.41. The quantitative estimate of drug-likeness (QED) is 0.0553. The number of nitrogens with one attached hydrogen (secondary N) is 4. The first-order valence-electron chi connectivity index (χ1n) is 20.9. The van der Waals surface area contributed by atoms with Gasteiger partial charge >= 0.3 is 6.09 Å². The van der Waals surface area contributed by atoms with Crippen molar-refractivity contribution in [2.24, 2.45) is 0 Å². The van der Waals surface area contributed by atoms with Crippen molar-refractivity contribution in [2.45, 2.75) is 58.1 Å². The molecular formula is C49H54N6O7. The number of amides is 3. The molecule has 5 aromatic carbocycles. The zero-order valence-electron chi connectivity index (χ0n) is 35.2. The van der Waals surface area contributed by atoms with E-state index in [0.29, 0.717) is 84.9 Å². The molecule has 0 bridgehead atoms. The maximum Gasteiger partial charge on any atom is 0.411 e. The van der Waals surface area contributed by atoms with Crippen LogP contribution in [-0.2, 0) is 16.1 Å².